The molecule has 0 saturated carbocycles. The highest BCUT2D eigenvalue weighted by Gasteiger charge is 2.35. The fourth-order valence-corrected chi connectivity index (χ4v) is 2.38. The van der Waals surface area contributed by atoms with Gasteiger partial charge >= 0.3 is 0 Å². The zero-order valence-corrected chi connectivity index (χ0v) is 14.4. The van der Waals surface area contributed by atoms with Crippen molar-refractivity contribution in [1.82, 2.24) is 19.9 Å². The van der Waals surface area contributed by atoms with Gasteiger partial charge in [-0.15, -0.1) is 5.10 Å². The molecule has 1 aliphatic rings. The molecule has 1 unspecified atom stereocenters. The quantitative estimate of drug-likeness (QED) is 0.292. The molecule has 0 bridgehead atoms. The minimum atomic E-state index is -0.250. The predicted molar refractivity (Wildman–Crippen MR) is 86.0 cm³/mol. The Labute approximate surface area is 146 Å². The molecule has 10 heteroatoms. The van der Waals surface area contributed by atoms with Crippen molar-refractivity contribution in [2.24, 2.45) is 11.7 Å². The first kappa shape index (κ1) is 19.4. The predicted octanol–water partition coefficient (Wildman–Crippen LogP) is -0.861. The standard InChI is InChI=1S/C15H25N5O5/c1-12-8-14(21)20(15(12)22)10-13-9-19(18-17-13)2-3-23-4-5-24-6-7-25-11-16/h9,12H,2-8,10-11,16H2,1H3. The second-order valence-electron chi connectivity index (χ2n) is 5.70. The number of carbonyl (C=O) groups excluding carboxylic acids is 2. The van der Waals surface area contributed by atoms with Gasteiger partial charge in [-0.3, -0.25) is 14.5 Å². The van der Waals surface area contributed by atoms with Gasteiger partial charge in [-0.25, -0.2) is 4.68 Å². The largest absolute Gasteiger partial charge is 0.377 e. The summed E-state index contributed by atoms with van der Waals surface area (Å²) in [5.41, 5.74) is 5.76. The van der Waals surface area contributed by atoms with Crippen molar-refractivity contribution in [2.75, 3.05) is 39.8 Å². The van der Waals surface area contributed by atoms with Gasteiger partial charge in [0, 0.05) is 12.3 Å². The zero-order valence-electron chi connectivity index (χ0n) is 14.4. The molecule has 0 spiro atoms. The van der Waals surface area contributed by atoms with E-state index in [1.54, 1.807) is 17.8 Å². The van der Waals surface area contributed by atoms with Gasteiger partial charge in [-0.05, 0) is 0 Å². The van der Waals surface area contributed by atoms with E-state index < -0.39 is 0 Å². The lowest BCUT2D eigenvalue weighted by molar-refractivity contribution is -0.140. The monoisotopic (exact) mass is 355 g/mol. The second-order valence-corrected chi connectivity index (χ2v) is 5.70. The van der Waals surface area contributed by atoms with Gasteiger partial charge in [-0.2, -0.15) is 0 Å². The van der Waals surface area contributed by atoms with Crippen molar-refractivity contribution in [3.8, 4) is 0 Å². The summed E-state index contributed by atoms with van der Waals surface area (Å²) in [5.74, 6) is -0.563. The molecule has 2 rings (SSSR count). The molecule has 1 aliphatic heterocycles. The van der Waals surface area contributed by atoms with Crippen molar-refractivity contribution in [1.29, 1.82) is 0 Å². The highest BCUT2D eigenvalue weighted by atomic mass is 16.5. The third-order valence-electron chi connectivity index (χ3n) is 3.70. The van der Waals surface area contributed by atoms with Crippen LogP contribution in [0.15, 0.2) is 6.20 Å². The highest BCUT2D eigenvalue weighted by molar-refractivity contribution is 6.03. The van der Waals surface area contributed by atoms with E-state index in [4.69, 9.17) is 19.9 Å². The Balaban J connectivity index is 1.60. The maximum absolute atomic E-state index is 11.9. The Morgan fingerprint density at radius 3 is 2.48 bits per heavy atom. The molecule has 1 fully saturated rings. The molecule has 0 aromatic carbocycles. The van der Waals surface area contributed by atoms with Crippen LogP contribution in [0.3, 0.4) is 0 Å². The summed E-state index contributed by atoms with van der Waals surface area (Å²) in [6.07, 6.45) is 1.98. The molecule has 1 atom stereocenters. The smallest absolute Gasteiger partial charge is 0.232 e. The van der Waals surface area contributed by atoms with Crippen molar-refractivity contribution in [3.05, 3.63) is 11.9 Å². The van der Waals surface area contributed by atoms with Crippen LogP contribution < -0.4 is 5.73 Å². The first-order valence-corrected chi connectivity index (χ1v) is 8.28. The maximum atomic E-state index is 11.9. The summed E-state index contributed by atoms with van der Waals surface area (Å²) in [6.45, 7) is 5.01. The van der Waals surface area contributed by atoms with Crippen LogP contribution in [0.5, 0.6) is 0 Å². The number of nitrogens with two attached hydrogens (primary N) is 1. The maximum Gasteiger partial charge on any atom is 0.232 e. The number of carbonyl (C=O) groups is 2. The lowest BCUT2D eigenvalue weighted by Crippen LogP contribution is -2.29. The van der Waals surface area contributed by atoms with E-state index in [1.165, 1.54) is 4.90 Å². The molecular weight excluding hydrogens is 330 g/mol. The summed E-state index contributed by atoms with van der Waals surface area (Å²) in [4.78, 5) is 24.9. The lowest BCUT2D eigenvalue weighted by atomic mass is 10.1. The van der Waals surface area contributed by atoms with Crippen LogP contribution >= 0.6 is 0 Å². The number of imide groups is 1. The normalized spacial score (nSPS) is 17.7. The van der Waals surface area contributed by atoms with E-state index in [1.807, 2.05) is 0 Å². The van der Waals surface area contributed by atoms with E-state index in [0.717, 1.165) is 0 Å². The Hall–Kier alpha value is -1.88. The lowest BCUT2D eigenvalue weighted by Gasteiger charge is -2.11. The van der Waals surface area contributed by atoms with Gasteiger partial charge in [0.05, 0.1) is 59.1 Å². The summed E-state index contributed by atoms with van der Waals surface area (Å²) < 4.78 is 17.3. The van der Waals surface area contributed by atoms with Crippen LogP contribution in [0.1, 0.15) is 19.0 Å². The van der Waals surface area contributed by atoms with E-state index >= 15 is 0 Å². The number of amides is 2. The Bertz CT molecular complexity index is 564. The van der Waals surface area contributed by atoms with Crippen LogP contribution in [0.4, 0.5) is 0 Å². The molecule has 0 aliphatic carbocycles. The topological polar surface area (TPSA) is 122 Å². The average molecular weight is 355 g/mol. The number of nitrogens with zero attached hydrogens (tertiary/aromatic N) is 4. The van der Waals surface area contributed by atoms with Gasteiger partial charge < -0.3 is 19.9 Å². The van der Waals surface area contributed by atoms with Crippen LogP contribution in [0.25, 0.3) is 0 Å². The van der Waals surface area contributed by atoms with Crippen LogP contribution in [0.2, 0.25) is 0 Å². The molecule has 1 aromatic rings. The molecular formula is C15H25N5O5. The average Bonchev–Trinajstić information content (AvgIpc) is 3.13. The molecule has 0 radical (unpaired) electrons. The molecule has 10 nitrogen and oxygen atoms in total. The summed E-state index contributed by atoms with van der Waals surface area (Å²) >= 11 is 0. The fourth-order valence-electron chi connectivity index (χ4n) is 2.38. The van der Waals surface area contributed by atoms with Gasteiger partial charge in [0.25, 0.3) is 0 Å². The second kappa shape index (κ2) is 10.2. The summed E-state index contributed by atoms with van der Waals surface area (Å²) in [5, 5.41) is 7.97. The highest BCUT2D eigenvalue weighted by Crippen LogP contribution is 2.20. The van der Waals surface area contributed by atoms with E-state index in [-0.39, 0.29) is 37.4 Å². The number of likely N-dealkylation sites (tertiary alicyclic amines) is 1. The van der Waals surface area contributed by atoms with Crippen molar-refractivity contribution >= 4 is 11.8 Å². The third-order valence-corrected chi connectivity index (χ3v) is 3.70. The minimum absolute atomic E-state index is 0.153. The van der Waals surface area contributed by atoms with E-state index in [2.05, 4.69) is 10.3 Å². The molecule has 2 N–H and O–H groups in total. The molecule has 1 aromatic heterocycles. The number of aromatic nitrogens is 3. The van der Waals surface area contributed by atoms with E-state index in [0.29, 0.717) is 45.3 Å². The summed E-state index contributed by atoms with van der Waals surface area (Å²) in [7, 11) is 0. The third kappa shape index (κ3) is 6.16. The van der Waals surface area contributed by atoms with Crippen LogP contribution in [0, 0.1) is 5.92 Å². The molecule has 2 heterocycles. The Kier molecular flexibility index (Phi) is 7.92. The first-order valence-electron chi connectivity index (χ1n) is 8.28. The van der Waals surface area contributed by atoms with Gasteiger partial charge in [0.1, 0.15) is 5.69 Å². The molecule has 25 heavy (non-hydrogen) atoms. The van der Waals surface area contributed by atoms with Crippen molar-refractivity contribution in [3.63, 3.8) is 0 Å². The Morgan fingerprint density at radius 2 is 1.84 bits per heavy atom. The summed E-state index contributed by atoms with van der Waals surface area (Å²) in [6, 6.07) is 0. The fraction of sp³-hybridized carbons (Fsp3) is 0.733. The number of rotatable bonds is 12. The zero-order chi connectivity index (χ0) is 18.1. The molecule has 2 amide bonds. The Morgan fingerprint density at radius 1 is 1.16 bits per heavy atom. The van der Waals surface area contributed by atoms with Crippen molar-refractivity contribution in [2.45, 2.75) is 26.4 Å². The SMILES string of the molecule is CC1CC(=O)N(Cc2cn(CCOCCOCCOCN)nn2)C1=O. The first-order chi connectivity index (χ1) is 12.1. The number of hydrogen-bond donors (Lipinski definition) is 1. The van der Waals surface area contributed by atoms with E-state index in [9.17, 15) is 9.59 Å². The number of hydrogen-bond acceptors (Lipinski definition) is 8. The number of ether oxygens (including phenoxy) is 3. The van der Waals surface area contributed by atoms with Crippen LogP contribution in [-0.2, 0) is 36.9 Å². The molecule has 1 saturated heterocycles. The molecule has 140 valence electrons. The van der Waals surface area contributed by atoms with Gasteiger partial charge in [-0.1, -0.05) is 12.1 Å². The minimum Gasteiger partial charge on any atom is -0.377 e. The van der Waals surface area contributed by atoms with Crippen molar-refractivity contribution < 1.29 is 23.8 Å². The van der Waals surface area contributed by atoms with Crippen LogP contribution in [-0.4, -0.2) is 71.5 Å². The van der Waals surface area contributed by atoms with Gasteiger partial charge in [0.15, 0.2) is 0 Å². The van der Waals surface area contributed by atoms with Gasteiger partial charge in [0.2, 0.25) is 11.8 Å².